The number of halogens is 7. The SMILES string of the molecule is CCC(C)c1ccc(OC(=O)c2c(F)c(F)c(F)c(F)c2F)cc1.CCC(C)c1ccc(OC(=O)c2c(F)cccc2F)cc1.CCC(C)c1ccc(OC(=O)c2cc(C)cc(C)c2)cc1.CCC(C)c1ccc(OC(=O)c2ccc(-c3ccccc3)cc2)cc1.CCC(C)c1ccc(OC(=O)c2ccc3ccccc3c2)cc1.CCC(C)c1ccc(OCC(=O)c2ccc3ccccc3c2)cc1. The number of hydrogen-bond acceptors (Lipinski definition) is 12. The van der Waals surface area contributed by atoms with E-state index in [0.29, 0.717) is 69.1 Å². The first-order chi connectivity index (χ1) is 66.3. The van der Waals surface area contributed by atoms with Gasteiger partial charge in [-0.15, -0.1) is 0 Å². The van der Waals surface area contributed by atoms with Crippen molar-refractivity contribution < 1.29 is 87.9 Å². The summed E-state index contributed by atoms with van der Waals surface area (Å²) >= 11 is 0. The number of ketones is 1. The summed E-state index contributed by atoms with van der Waals surface area (Å²) in [6.07, 6.45) is 6.27. The maximum absolute atomic E-state index is 13.5. The average Bonchev–Trinajstić information content (AvgIpc) is 0.784. The Morgan fingerprint density at radius 3 is 0.870 bits per heavy atom. The van der Waals surface area contributed by atoms with Crippen molar-refractivity contribution in [3.63, 3.8) is 0 Å². The highest BCUT2D eigenvalue weighted by atomic mass is 19.2. The van der Waals surface area contributed by atoms with Crippen molar-refractivity contribution >= 4 is 57.2 Å². The van der Waals surface area contributed by atoms with Crippen molar-refractivity contribution in [1.82, 2.24) is 0 Å². The molecule has 12 nitrogen and oxygen atoms in total. The molecule has 0 spiro atoms. The van der Waals surface area contributed by atoms with Gasteiger partial charge in [0.2, 0.25) is 5.82 Å². The van der Waals surface area contributed by atoms with Crippen LogP contribution in [0.25, 0.3) is 32.7 Å². The molecule has 0 saturated heterocycles. The van der Waals surface area contributed by atoms with Crippen molar-refractivity contribution in [3.05, 3.63) is 440 Å². The van der Waals surface area contributed by atoms with Crippen LogP contribution in [-0.2, 0) is 0 Å². The van der Waals surface area contributed by atoms with E-state index in [-0.39, 0.29) is 47.7 Å². The van der Waals surface area contributed by atoms with Gasteiger partial charge in [-0.1, -0.05) is 288 Å². The fraction of sp³-hybridized carbons (Fsp3) is 0.227. The minimum atomic E-state index is -2.33. The van der Waals surface area contributed by atoms with Crippen LogP contribution in [0.1, 0.15) is 264 Å². The lowest BCUT2D eigenvalue weighted by Crippen LogP contribution is -2.17. The lowest BCUT2D eigenvalue weighted by Gasteiger charge is -2.11. The molecule has 0 amide bonds. The van der Waals surface area contributed by atoms with Crippen LogP contribution in [0.5, 0.6) is 34.5 Å². The summed E-state index contributed by atoms with van der Waals surface area (Å²) < 4.78 is 125. The van der Waals surface area contributed by atoms with E-state index in [1.54, 1.807) is 42.5 Å². The third-order valence-corrected chi connectivity index (χ3v) is 24.1. The first kappa shape index (κ1) is 105. The van der Waals surface area contributed by atoms with Gasteiger partial charge in [0.15, 0.2) is 35.7 Å². The van der Waals surface area contributed by atoms with Crippen LogP contribution >= 0.6 is 0 Å². The van der Waals surface area contributed by atoms with Gasteiger partial charge in [-0.3, -0.25) is 4.79 Å². The second kappa shape index (κ2) is 51.7. The van der Waals surface area contributed by atoms with Crippen molar-refractivity contribution in [2.75, 3.05) is 6.61 Å². The number of carbonyl (C=O) groups excluding carboxylic acids is 6. The van der Waals surface area contributed by atoms with E-state index in [1.807, 2.05) is 264 Å². The third-order valence-electron chi connectivity index (χ3n) is 24.1. The summed E-state index contributed by atoms with van der Waals surface area (Å²) in [5.41, 5.74) is 11.6. The number of aryl methyl sites for hydroxylation is 2. The zero-order chi connectivity index (χ0) is 99.6. The second-order valence-electron chi connectivity index (χ2n) is 33.9. The number of fused-ring (bicyclic) bond motifs is 2. The molecular formula is C119H115F7O12. The van der Waals surface area contributed by atoms with E-state index in [1.165, 1.54) is 40.5 Å². The summed E-state index contributed by atoms with van der Waals surface area (Å²) in [4.78, 5) is 72.8. The van der Waals surface area contributed by atoms with Crippen LogP contribution in [0, 0.1) is 54.6 Å². The molecule has 0 saturated carbocycles. The van der Waals surface area contributed by atoms with Gasteiger partial charge in [-0.2, -0.15) is 0 Å². The van der Waals surface area contributed by atoms with Crippen molar-refractivity contribution in [2.45, 2.75) is 171 Å². The summed E-state index contributed by atoms with van der Waals surface area (Å²) in [5.74, 6) is -11.3. The van der Waals surface area contributed by atoms with Crippen LogP contribution in [0.15, 0.2) is 322 Å². The number of ether oxygens (including phenoxy) is 6. The highest BCUT2D eigenvalue weighted by Gasteiger charge is 2.32. The minimum Gasteiger partial charge on any atom is -0.485 e. The Balaban J connectivity index is 0.000000171. The number of rotatable bonds is 27. The molecule has 138 heavy (non-hydrogen) atoms. The van der Waals surface area contributed by atoms with Crippen LogP contribution in [-0.4, -0.2) is 42.2 Å². The van der Waals surface area contributed by atoms with Gasteiger partial charge >= 0.3 is 29.8 Å². The van der Waals surface area contributed by atoms with Crippen LogP contribution in [0.3, 0.4) is 0 Å². The molecule has 19 heteroatoms. The molecule has 0 heterocycles. The zero-order valence-corrected chi connectivity index (χ0v) is 80.1. The summed E-state index contributed by atoms with van der Waals surface area (Å²) in [6.45, 7) is 29.6. The van der Waals surface area contributed by atoms with E-state index in [4.69, 9.17) is 28.4 Å². The van der Waals surface area contributed by atoms with Gasteiger partial charge in [-0.25, -0.2) is 54.7 Å². The number of esters is 5. The molecule has 0 aromatic heterocycles. The summed E-state index contributed by atoms with van der Waals surface area (Å²) in [7, 11) is 0. The molecule has 712 valence electrons. The number of carbonyl (C=O) groups is 6. The van der Waals surface area contributed by atoms with Gasteiger partial charge in [0.25, 0.3) is 0 Å². The zero-order valence-electron chi connectivity index (χ0n) is 80.1. The van der Waals surface area contributed by atoms with Gasteiger partial charge in [0.1, 0.15) is 57.3 Å². The van der Waals surface area contributed by atoms with Gasteiger partial charge in [0.05, 0.1) is 16.7 Å². The predicted octanol–water partition coefficient (Wildman–Crippen LogP) is 32.1. The number of hydrogen-bond donors (Lipinski definition) is 0. The molecule has 6 unspecified atom stereocenters. The van der Waals surface area contributed by atoms with E-state index < -0.39 is 63.8 Å². The highest BCUT2D eigenvalue weighted by Crippen LogP contribution is 2.33. The minimum absolute atomic E-state index is 0.00763. The lowest BCUT2D eigenvalue weighted by atomic mass is 9.99. The molecule has 0 radical (unpaired) electrons. The number of benzene rings is 15. The lowest BCUT2D eigenvalue weighted by molar-refractivity contribution is 0.0712. The Labute approximate surface area is 803 Å². The third kappa shape index (κ3) is 29.8. The van der Waals surface area contributed by atoms with Crippen LogP contribution in [0.2, 0.25) is 0 Å². The van der Waals surface area contributed by atoms with E-state index in [0.717, 1.165) is 111 Å². The maximum atomic E-state index is 13.5. The van der Waals surface area contributed by atoms with Crippen molar-refractivity contribution in [3.8, 4) is 45.6 Å². The Bertz CT molecular complexity index is 6500. The van der Waals surface area contributed by atoms with Crippen molar-refractivity contribution in [1.29, 1.82) is 0 Å². The maximum Gasteiger partial charge on any atom is 0.349 e. The van der Waals surface area contributed by atoms with E-state index in [9.17, 15) is 59.5 Å². The molecular weight excluding hydrogens is 1750 g/mol. The average molecular weight is 1870 g/mol. The molecule has 0 bridgehead atoms. The summed E-state index contributed by atoms with van der Waals surface area (Å²) in [5, 5.41) is 4.35. The Kier molecular flexibility index (Phi) is 39.4. The Morgan fingerprint density at radius 2 is 0.514 bits per heavy atom. The number of Topliss-reactive ketones (excluding diaryl/α,β-unsaturated/α-hetero) is 1. The standard InChI is InChI=1S/C23H22O2.C22H22O2.C21H20O2.C19H22O2.C17H13F5O2.C17H16F2O2/c1-3-17(2)18-13-15-22(16-14-18)25-23(24)21-11-9-20(10-12-21)19-7-5-4-6-8-19;1-3-16(2)17-10-12-21(13-11-17)24-15-22(23)20-9-8-18-6-4-5-7-19(18)14-20;1-3-15(2)16-10-12-20(13-11-16)23-21(22)19-9-8-17-6-4-5-7-18(17)14-19;1-5-15(4)16-6-8-18(9-7-16)21-19(20)17-11-13(2)10-14(3)12-17;1-3-8(2)9-4-6-10(7-5-9)24-17(23)11-12(18)14(20)16(22)15(21)13(11)19;1-3-11(2)12-7-9-13(10-8-12)21-17(20)16-14(18)5-4-6-15(16)19/h4-17H,3H2,1-2H3;4-14,16H,3,15H2,1-2H3;4-15H,3H2,1-2H3;6-12,15H,5H2,1-4H3;4-8H,3H2,1-2H3;4-11H,3H2,1-2H3. The topological polar surface area (TPSA) is 158 Å². The van der Waals surface area contributed by atoms with Crippen molar-refractivity contribution in [2.24, 2.45) is 0 Å². The molecule has 0 fully saturated rings. The molecule has 0 N–H and O–H groups in total. The van der Waals surface area contributed by atoms with E-state index >= 15 is 0 Å². The van der Waals surface area contributed by atoms with Gasteiger partial charge in [-0.05, 0) is 281 Å². The molecule has 15 rings (SSSR count). The van der Waals surface area contributed by atoms with Gasteiger partial charge < -0.3 is 28.4 Å². The molecule has 6 atom stereocenters. The molecule has 0 aliphatic rings. The highest BCUT2D eigenvalue weighted by molar-refractivity contribution is 6.01. The molecule has 15 aromatic rings. The largest absolute Gasteiger partial charge is 0.485 e. The summed E-state index contributed by atoms with van der Waals surface area (Å²) in [6, 6.07) is 98.3. The Morgan fingerprint density at radius 1 is 0.239 bits per heavy atom. The van der Waals surface area contributed by atoms with Crippen LogP contribution < -0.4 is 28.4 Å². The second-order valence-corrected chi connectivity index (χ2v) is 33.9. The molecule has 15 aromatic carbocycles. The first-order valence-corrected chi connectivity index (χ1v) is 46.3. The first-order valence-electron chi connectivity index (χ1n) is 46.3. The fourth-order valence-corrected chi connectivity index (χ4v) is 14.4. The quantitative estimate of drug-likeness (QED) is 0.0120. The smallest absolute Gasteiger partial charge is 0.349 e. The van der Waals surface area contributed by atoms with E-state index in [2.05, 4.69) is 81.4 Å². The van der Waals surface area contributed by atoms with Crippen LogP contribution in [0.4, 0.5) is 30.7 Å². The fourth-order valence-electron chi connectivity index (χ4n) is 14.4. The Hall–Kier alpha value is -14.9. The molecule has 0 aliphatic heterocycles. The normalized spacial score (nSPS) is 12.0. The van der Waals surface area contributed by atoms with Gasteiger partial charge in [0, 0.05) is 5.56 Å². The molecule has 0 aliphatic carbocycles. The monoisotopic (exact) mass is 1870 g/mol. The predicted molar refractivity (Wildman–Crippen MR) is 534 cm³/mol.